The standard InChI is InChI=1S/C14H19NO4/c1-4-18-12-8-6-5-7-11(12)14(17)19-9-13(16)15-10(2)3/h5-8,10H,4,9H2,1-3H3,(H,15,16). The van der Waals surface area contributed by atoms with Crippen molar-refractivity contribution in [3.05, 3.63) is 29.8 Å². The van der Waals surface area contributed by atoms with Crippen molar-refractivity contribution in [3.8, 4) is 5.75 Å². The minimum atomic E-state index is -0.567. The van der Waals surface area contributed by atoms with Crippen LogP contribution in [0, 0.1) is 0 Å². The second-order valence-corrected chi connectivity index (χ2v) is 4.23. The van der Waals surface area contributed by atoms with Crippen LogP contribution in [0.15, 0.2) is 24.3 Å². The first-order chi connectivity index (χ1) is 9.04. The van der Waals surface area contributed by atoms with Crippen LogP contribution in [0.2, 0.25) is 0 Å². The van der Waals surface area contributed by atoms with E-state index in [1.165, 1.54) is 0 Å². The average molecular weight is 265 g/mol. The van der Waals surface area contributed by atoms with Crippen LogP contribution in [-0.2, 0) is 9.53 Å². The predicted molar refractivity (Wildman–Crippen MR) is 71.2 cm³/mol. The summed E-state index contributed by atoms with van der Waals surface area (Å²) in [4.78, 5) is 23.2. The van der Waals surface area contributed by atoms with Gasteiger partial charge in [0.15, 0.2) is 6.61 Å². The van der Waals surface area contributed by atoms with Crippen LogP contribution >= 0.6 is 0 Å². The second-order valence-electron chi connectivity index (χ2n) is 4.23. The SMILES string of the molecule is CCOc1ccccc1C(=O)OCC(=O)NC(C)C. The molecule has 0 aliphatic carbocycles. The molecule has 0 spiro atoms. The van der Waals surface area contributed by atoms with E-state index >= 15 is 0 Å². The van der Waals surface area contributed by atoms with Crippen molar-refractivity contribution in [1.82, 2.24) is 5.32 Å². The topological polar surface area (TPSA) is 64.6 Å². The lowest BCUT2D eigenvalue weighted by molar-refractivity contribution is -0.124. The zero-order valence-corrected chi connectivity index (χ0v) is 11.4. The van der Waals surface area contributed by atoms with Gasteiger partial charge in [-0.25, -0.2) is 4.79 Å². The Labute approximate surface area is 112 Å². The number of nitrogens with one attached hydrogen (secondary N) is 1. The molecule has 1 amide bonds. The highest BCUT2D eigenvalue weighted by Crippen LogP contribution is 2.18. The number of carbonyl (C=O) groups excluding carboxylic acids is 2. The van der Waals surface area contributed by atoms with Gasteiger partial charge in [-0.1, -0.05) is 12.1 Å². The van der Waals surface area contributed by atoms with Crippen molar-refractivity contribution in [3.63, 3.8) is 0 Å². The molecule has 1 aromatic rings. The van der Waals surface area contributed by atoms with E-state index in [4.69, 9.17) is 9.47 Å². The summed E-state index contributed by atoms with van der Waals surface area (Å²) >= 11 is 0. The Bertz CT molecular complexity index is 443. The van der Waals surface area contributed by atoms with Crippen LogP contribution in [-0.4, -0.2) is 31.1 Å². The van der Waals surface area contributed by atoms with E-state index in [0.29, 0.717) is 17.9 Å². The van der Waals surface area contributed by atoms with Gasteiger partial charge in [-0.05, 0) is 32.9 Å². The number of hydrogen-bond acceptors (Lipinski definition) is 4. The predicted octanol–water partition coefficient (Wildman–Crippen LogP) is 1.77. The van der Waals surface area contributed by atoms with Crippen molar-refractivity contribution < 1.29 is 19.1 Å². The van der Waals surface area contributed by atoms with Gasteiger partial charge in [-0.3, -0.25) is 4.79 Å². The molecular formula is C14H19NO4. The van der Waals surface area contributed by atoms with Crippen molar-refractivity contribution in [2.45, 2.75) is 26.8 Å². The summed E-state index contributed by atoms with van der Waals surface area (Å²) in [6.07, 6.45) is 0. The number of hydrogen-bond donors (Lipinski definition) is 1. The average Bonchev–Trinajstić information content (AvgIpc) is 2.36. The van der Waals surface area contributed by atoms with E-state index in [-0.39, 0.29) is 18.6 Å². The van der Waals surface area contributed by atoms with Crippen molar-refractivity contribution in [1.29, 1.82) is 0 Å². The summed E-state index contributed by atoms with van der Waals surface area (Å²) in [5.74, 6) is -0.431. The molecule has 5 nitrogen and oxygen atoms in total. The van der Waals surface area contributed by atoms with Crippen LogP contribution in [0.25, 0.3) is 0 Å². The van der Waals surface area contributed by atoms with Crippen LogP contribution in [0.3, 0.4) is 0 Å². The largest absolute Gasteiger partial charge is 0.493 e. The fraction of sp³-hybridized carbons (Fsp3) is 0.429. The fourth-order valence-corrected chi connectivity index (χ4v) is 1.49. The molecule has 0 saturated heterocycles. The first kappa shape index (κ1) is 15.0. The minimum absolute atomic E-state index is 0.0157. The van der Waals surface area contributed by atoms with Crippen LogP contribution in [0.5, 0.6) is 5.75 Å². The molecule has 0 atom stereocenters. The fourth-order valence-electron chi connectivity index (χ4n) is 1.49. The molecule has 5 heteroatoms. The quantitative estimate of drug-likeness (QED) is 0.796. The Hall–Kier alpha value is -2.04. The molecule has 0 saturated carbocycles. The number of carbonyl (C=O) groups is 2. The van der Waals surface area contributed by atoms with Gasteiger partial charge >= 0.3 is 5.97 Å². The summed E-state index contributed by atoms with van der Waals surface area (Å²) in [5.41, 5.74) is 0.321. The molecule has 0 aromatic heterocycles. The van der Waals surface area contributed by atoms with Gasteiger partial charge in [0.25, 0.3) is 5.91 Å². The van der Waals surface area contributed by atoms with Gasteiger partial charge in [0.05, 0.1) is 6.61 Å². The third-order valence-corrected chi connectivity index (χ3v) is 2.19. The van der Waals surface area contributed by atoms with Gasteiger partial charge in [-0.2, -0.15) is 0 Å². The molecule has 0 bridgehead atoms. The molecule has 0 heterocycles. The Morgan fingerprint density at radius 1 is 1.26 bits per heavy atom. The van der Waals surface area contributed by atoms with Crippen LogP contribution < -0.4 is 10.1 Å². The molecule has 0 aliphatic rings. The van der Waals surface area contributed by atoms with Gasteiger partial charge in [0.1, 0.15) is 11.3 Å². The number of esters is 1. The third kappa shape index (κ3) is 4.99. The molecule has 0 radical (unpaired) electrons. The van der Waals surface area contributed by atoms with E-state index in [1.807, 2.05) is 20.8 Å². The monoisotopic (exact) mass is 265 g/mol. The van der Waals surface area contributed by atoms with Gasteiger partial charge in [0.2, 0.25) is 0 Å². The zero-order valence-electron chi connectivity index (χ0n) is 11.4. The van der Waals surface area contributed by atoms with E-state index in [1.54, 1.807) is 24.3 Å². The number of rotatable bonds is 6. The summed E-state index contributed by atoms with van der Waals surface area (Å²) < 4.78 is 10.3. The van der Waals surface area contributed by atoms with E-state index in [0.717, 1.165) is 0 Å². The summed E-state index contributed by atoms with van der Waals surface area (Å²) in [5, 5.41) is 2.64. The smallest absolute Gasteiger partial charge is 0.342 e. The molecule has 0 aliphatic heterocycles. The van der Waals surface area contributed by atoms with Crippen molar-refractivity contribution >= 4 is 11.9 Å². The lowest BCUT2D eigenvalue weighted by atomic mass is 10.2. The number of amides is 1. The normalized spacial score (nSPS) is 10.1. The first-order valence-corrected chi connectivity index (χ1v) is 6.23. The molecule has 19 heavy (non-hydrogen) atoms. The Kier molecular flexibility index (Phi) is 5.85. The van der Waals surface area contributed by atoms with Crippen molar-refractivity contribution in [2.75, 3.05) is 13.2 Å². The highest BCUT2D eigenvalue weighted by molar-refractivity contribution is 5.93. The molecule has 0 unspecified atom stereocenters. The highest BCUT2D eigenvalue weighted by Gasteiger charge is 2.15. The third-order valence-electron chi connectivity index (χ3n) is 2.19. The first-order valence-electron chi connectivity index (χ1n) is 6.23. The summed E-state index contributed by atoms with van der Waals surface area (Å²) in [6, 6.07) is 6.80. The minimum Gasteiger partial charge on any atom is -0.493 e. The highest BCUT2D eigenvalue weighted by atomic mass is 16.5. The Morgan fingerprint density at radius 2 is 1.95 bits per heavy atom. The number of ether oxygens (including phenoxy) is 2. The lowest BCUT2D eigenvalue weighted by Crippen LogP contribution is -2.34. The molecule has 1 aromatic carbocycles. The lowest BCUT2D eigenvalue weighted by Gasteiger charge is -2.11. The van der Waals surface area contributed by atoms with Crippen molar-refractivity contribution in [2.24, 2.45) is 0 Å². The summed E-state index contributed by atoms with van der Waals surface area (Å²) in [7, 11) is 0. The van der Waals surface area contributed by atoms with Gasteiger partial charge in [-0.15, -0.1) is 0 Å². The molecular weight excluding hydrogens is 246 g/mol. The van der Waals surface area contributed by atoms with Gasteiger partial charge < -0.3 is 14.8 Å². The van der Waals surface area contributed by atoms with Gasteiger partial charge in [0, 0.05) is 6.04 Å². The molecule has 0 fully saturated rings. The van der Waals surface area contributed by atoms with E-state index in [9.17, 15) is 9.59 Å². The second kappa shape index (κ2) is 7.41. The Morgan fingerprint density at radius 3 is 2.58 bits per heavy atom. The van der Waals surface area contributed by atoms with E-state index < -0.39 is 5.97 Å². The molecule has 104 valence electrons. The molecule has 1 N–H and O–H groups in total. The maximum Gasteiger partial charge on any atom is 0.342 e. The number of benzene rings is 1. The molecule has 1 rings (SSSR count). The number of para-hydroxylation sites is 1. The van der Waals surface area contributed by atoms with E-state index in [2.05, 4.69) is 5.32 Å². The summed E-state index contributed by atoms with van der Waals surface area (Å²) in [6.45, 7) is 5.67. The van der Waals surface area contributed by atoms with Crippen LogP contribution in [0.1, 0.15) is 31.1 Å². The zero-order chi connectivity index (χ0) is 14.3. The maximum atomic E-state index is 11.8. The Balaban J connectivity index is 2.61. The van der Waals surface area contributed by atoms with Crippen LogP contribution in [0.4, 0.5) is 0 Å². The maximum absolute atomic E-state index is 11.8.